The van der Waals surface area contributed by atoms with Gasteiger partial charge in [0.15, 0.2) is 6.10 Å². The Kier molecular flexibility index (Phi) is 41.7. The van der Waals surface area contributed by atoms with Gasteiger partial charge in [-0.05, 0) is 96.3 Å². The van der Waals surface area contributed by atoms with Gasteiger partial charge in [-0.2, -0.15) is 0 Å². The highest BCUT2D eigenvalue weighted by Gasteiger charge is 2.19. The van der Waals surface area contributed by atoms with Crippen LogP contribution >= 0.6 is 0 Å². The summed E-state index contributed by atoms with van der Waals surface area (Å²) in [6.07, 6.45) is 59.3. The molecule has 0 amide bonds. The second-order valence-corrected chi connectivity index (χ2v) is 14.3. The summed E-state index contributed by atoms with van der Waals surface area (Å²) in [5.41, 5.74) is 0. The smallest absolute Gasteiger partial charge is 0.306 e. The normalized spacial score (nSPS) is 13.1. The molecule has 0 saturated heterocycles. The van der Waals surface area contributed by atoms with Gasteiger partial charge in [0.2, 0.25) is 0 Å². The zero-order valence-electron chi connectivity index (χ0n) is 36.3. The van der Waals surface area contributed by atoms with E-state index < -0.39 is 6.10 Å². The van der Waals surface area contributed by atoms with Crippen molar-refractivity contribution in [2.24, 2.45) is 0 Å². The van der Waals surface area contributed by atoms with E-state index in [-0.39, 0.29) is 37.5 Å². The van der Waals surface area contributed by atoms with Crippen molar-refractivity contribution in [2.45, 2.75) is 181 Å². The number of unbranched alkanes of at least 4 members (excludes halogenated alkanes) is 12. The van der Waals surface area contributed by atoms with E-state index in [9.17, 15) is 14.4 Å². The van der Waals surface area contributed by atoms with E-state index in [4.69, 9.17) is 14.2 Å². The van der Waals surface area contributed by atoms with Crippen molar-refractivity contribution in [3.8, 4) is 0 Å². The molecular weight excluding hydrogens is 709 g/mol. The summed E-state index contributed by atoms with van der Waals surface area (Å²) in [7, 11) is 0. The number of ether oxygens (including phenoxy) is 3. The SMILES string of the molecule is CC\C=C/C=C\C=C/C=C\CCCCCCCC(=O)OCC(COC(=O)CCCCCCC/C=C\C/C=C\CC)OC(=O)CCCC/C=C\C/C=C\C/C=C\CC. The molecule has 0 radical (unpaired) electrons. The topological polar surface area (TPSA) is 78.9 Å². The third-order valence-electron chi connectivity index (χ3n) is 8.85. The van der Waals surface area contributed by atoms with Gasteiger partial charge >= 0.3 is 17.9 Å². The average molecular weight is 789 g/mol. The van der Waals surface area contributed by atoms with Crippen LogP contribution in [0.1, 0.15) is 175 Å². The maximum Gasteiger partial charge on any atom is 0.306 e. The van der Waals surface area contributed by atoms with Crippen molar-refractivity contribution in [3.63, 3.8) is 0 Å². The van der Waals surface area contributed by atoms with Crippen LogP contribution in [0.15, 0.2) is 109 Å². The summed E-state index contributed by atoms with van der Waals surface area (Å²) < 4.78 is 16.6. The number of carbonyl (C=O) groups is 3. The molecule has 0 saturated carbocycles. The van der Waals surface area contributed by atoms with Gasteiger partial charge in [0.05, 0.1) is 0 Å². The molecule has 6 heteroatoms. The van der Waals surface area contributed by atoms with Gasteiger partial charge in [0, 0.05) is 19.3 Å². The molecule has 0 fully saturated rings. The first-order valence-electron chi connectivity index (χ1n) is 22.4. The minimum absolute atomic E-state index is 0.112. The maximum absolute atomic E-state index is 12.7. The van der Waals surface area contributed by atoms with Gasteiger partial charge < -0.3 is 14.2 Å². The van der Waals surface area contributed by atoms with Gasteiger partial charge in [0.25, 0.3) is 0 Å². The number of esters is 3. The van der Waals surface area contributed by atoms with Gasteiger partial charge in [0.1, 0.15) is 13.2 Å². The highest BCUT2D eigenvalue weighted by atomic mass is 16.6. The molecule has 0 aliphatic heterocycles. The maximum atomic E-state index is 12.7. The summed E-state index contributed by atoms with van der Waals surface area (Å²) in [6, 6.07) is 0. The van der Waals surface area contributed by atoms with E-state index >= 15 is 0 Å². The predicted octanol–water partition coefficient (Wildman–Crippen LogP) is 14.4. The predicted molar refractivity (Wildman–Crippen MR) is 242 cm³/mol. The lowest BCUT2D eigenvalue weighted by atomic mass is 10.1. The van der Waals surface area contributed by atoms with Gasteiger partial charge in [-0.1, -0.05) is 169 Å². The summed E-state index contributed by atoms with van der Waals surface area (Å²) in [5.74, 6) is -1.00. The lowest BCUT2D eigenvalue weighted by molar-refractivity contribution is -0.167. The lowest BCUT2D eigenvalue weighted by Crippen LogP contribution is -2.30. The summed E-state index contributed by atoms with van der Waals surface area (Å²) in [5, 5.41) is 0. The van der Waals surface area contributed by atoms with Crippen LogP contribution in [-0.4, -0.2) is 37.2 Å². The fourth-order valence-corrected chi connectivity index (χ4v) is 5.56. The second kappa shape index (κ2) is 44.8. The number of allylic oxidation sites excluding steroid dienone is 18. The van der Waals surface area contributed by atoms with Crippen molar-refractivity contribution in [2.75, 3.05) is 13.2 Å². The fraction of sp³-hybridized carbons (Fsp3) is 0.588. The molecule has 0 bridgehead atoms. The van der Waals surface area contributed by atoms with E-state index in [1.54, 1.807) is 0 Å². The molecule has 0 aliphatic rings. The second-order valence-electron chi connectivity index (χ2n) is 14.3. The van der Waals surface area contributed by atoms with Crippen molar-refractivity contribution >= 4 is 17.9 Å². The number of rotatable bonds is 38. The van der Waals surface area contributed by atoms with Crippen LogP contribution in [-0.2, 0) is 28.6 Å². The molecule has 320 valence electrons. The van der Waals surface area contributed by atoms with E-state index in [0.717, 1.165) is 128 Å². The standard InChI is InChI=1S/C51H80O6/c1-4-7-10-13-16-19-22-25-26-27-30-32-35-38-41-44-50(53)56-47-48(57-51(54)45-42-39-36-33-29-24-21-18-15-12-9-6-3)46-55-49(52)43-40-37-34-31-28-23-20-17-14-11-8-5-2/h7-13,16-22,25-26,29,33,48H,4-6,14-15,23-24,27-28,30-32,34-47H2,1-3H3/b10-7-,11-8-,12-9-,16-13-,20-17-,21-18-,22-19-,26-25-,33-29-. The molecule has 0 aromatic rings. The van der Waals surface area contributed by atoms with Crippen LogP contribution in [0.2, 0.25) is 0 Å². The summed E-state index contributed by atoms with van der Waals surface area (Å²) in [4.78, 5) is 37.7. The largest absolute Gasteiger partial charge is 0.462 e. The minimum atomic E-state index is -0.813. The minimum Gasteiger partial charge on any atom is -0.462 e. The Morgan fingerprint density at radius 1 is 0.368 bits per heavy atom. The molecule has 57 heavy (non-hydrogen) atoms. The molecule has 0 aromatic heterocycles. The molecule has 0 spiro atoms. The Morgan fingerprint density at radius 2 is 0.719 bits per heavy atom. The molecule has 1 unspecified atom stereocenters. The first-order valence-corrected chi connectivity index (χ1v) is 22.4. The molecule has 0 heterocycles. The Labute approximate surface area is 349 Å². The van der Waals surface area contributed by atoms with E-state index in [1.807, 2.05) is 24.3 Å². The summed E-state index contributed by atoms with van der Waals surface area (Å²) >= 11 is 0. The van der Waals surface area contributed by atoms with Gasteiger partial charge in [-0.15, -0.1) is 0 Å². The molecule has 0 rings (SSSR count). The molecule has 1 atom stereocenters. The van der Waals surface area contributed by atoms with Crippen molar-refractivity contribution in [3.05, 3.63) is 109 Å². The Bertz CT molecular complexity index is 1230. The number of carbonyl (C=O) groups excluding carboxylic acids is 3. The van der Waals surface area contributed by atoms with Crippen LogP contribution < -0.4 is 0 Å². The highest BCUT2D eigenvalue weighted by Crippen LogP contribution is 2.12. The Balaban J connectivity index is 4.52. The van der Waals surface area contributed by atoms with Crippen LogP contribution in [0, 0.1) is 0 Å². The first-order chi connectivity index (χ1) is 28.0. The lowest BCUT2D eigenvalue weighted by Gasteiger charge is -2.18. The van der Waals surface area contributed by atoms with Crippen molar-refractivity contribution in [1.29, 1.82) is 0 Å². The fourth-order valence-electron chi connectivity index (χ4n) is 5.56. The Morgan fingerprint density at radius 3 is 1.23 bits per heavy atom. The Hall–Kier alpha value is -3.93. The quantitative estimate of drug-likeness (QED) is 0.0204. The highest BCUT2D eigenvalue weighted by molar-refractivity contribution is 5.71. The third-order valence-corrected chi connectivity index (χ3v) is 8.85. The van der Waals surface area contributed by atoms with Crippen molar-refractivity contribution in [1.82, 2.24) is 0 Å². The zero-order valence-corrected chi connectivity index (χ0v) is 36.3. The molecule has 6 nitrogen and oxygen atoms in total. The zero-order chi connectivity index (χ0) is 41.5. The molecule has 0 N–H and O–H groups in total. The van der Waals surface area contributed by atoms with Crippen molar-refractivity contribution < 1.29 is 28.6 Å². The average Bonchev–Trinajstić information content (AvgIpc) is 3.21. The van der Waals surface area contributed by atoms with Crippen LogP contribution in [0.5, 0.6) is 0 Å². The van der Waals surface area contributed by atoms with Crippen LogP contribution in [0.4, 0.5) is 0 Å². The number of hydrogen-bond acceptors (Lipinski definition) is 6. The van der Waals surface area contributed by atoms with Gasteiger partial charge in [-0.25, -0.2) is 0 Å². The van der Waals surface area contributed by atoms with Gasteiger partial charge in [-0.3, -0.25) is 14.4 Å². The van der Waals surface area contributed by atoms with E-state index in [0.29, 0.717) is 19.3 Å². The first kappa shape index (κ1) is 53.1. The molecule has 0 aliphatic carbocycles. The number of hydrogen-bond donors (Lipinski definition) is 0. The monoisotopic (exact) mass is 789 g/mol. The third kappa shape index (κ3) is 43.0. The molecular formula is C51H80O6. The van der Waals surface area contributed by atoms with Crippen LogP contribution in [0.3, 0.4) is 0 Å². The molecule has 0 aromatic carbocycles. The van der Waals surface area contributed by atoms with E-state index in [1.165, 1.54) is 0 Å². The van der Waals surface area contributed by atoms with Crippen LogP contribution in [0.25, 0.3) is 0 Å². The summed E-state index contributed by atoms with van der Waals surface area (Å²) in [6.45, 7) is 6.17. The van der Waals surface area contributed by atoms with E-state index in [2.05, 4.69) is 106 Å².